The fourth-order valence-corrected chi connectivity index (χ4v) is 2.57. The van der Waals surface area contributed by atoms with Gasteiger partial charge in [0.15, 0.2) is 11.5 Å². The Labute approximate surface area is 170 Å². The van der Waals surface area contributed by atoms with Gasteiger partial charge in [-0.15, -0.1) is 0 Å². The Hall–Kier alpha value is -3.32. The summed E-state index contributed by atoms with van der Waals surface area (Å²) in [5.74, 6) is -0.980. The minimum atomic E-state index is -1.26. The van der Waals surface area contributed by atoms with Gasteiger partial charge in [0.25, 0.3) is 0 Å². The van der Waals surface area contributed by atoms with E-state index in [4.69, 9.17) is 19.7 Å². The summed E-state index contributed by atoms with van der Waals surface area (Å²) in [6, 6.07) is 15.0. The Morgan fingerprint density at radius 1 is 0.966 bits per heavy atom. The second-order valence-electron chi connectivity index (χ2n) is 6.16. The minimum absolute atomic E-state index is 0.281. The fraction of sp³-hybridized carbons (Fsp3) is 0.273. The fourth-order valence-electron chi connectivity index (χ4n) is 2.57. The molecule has 0 amide bonds. The van der Waals surface area contributed by atoms with Crippen molar-refractivity contribution in [1.82, 2.24) is 5.32 Å². The molecule has 0 aliphatic rings. The largest absolute Gasteiger partial charge is 0.493 e. The molecule has 0 aliphatic carbocycles. The highest BCUT2D eigenvalue weighted by Crippen LogP contribution is 2.29. The Bertz CT molecular complexity index is 814. The standard InChI is InChI=1S/C18H23NO2.C4H4O4/c1-13-5-8-15(9-6-13)16(19-2)11-14-7-10-17(20-3)18(12-14)21-4;5-3(6)1-2-4(7)8/h5-10,12,16,19H,11H2,1-4H3;1-2H,(H,5,6)(H,7,8)/b;2-1-. The first-order chi connectivity index (χ1) is 13.8. The number of likely N-dealkylation sites (N-methyl/N-ethyl adjacent to an activating group) is 1. The summed E-state index contributed by atoms with van der Waals surface area (Å²) >= 11 is 0. The molecular formula is C22H27NO6. The SMILES string of the molecule is CNC(Cc1ccc(OC)c(OC)c1)c1ccc(C)cc1.O=C(O)/C=C\C(=O)O. The van der Waals surface area contributed by atoms with E-state index < -0.39 is 11.9 Å². The number of methoxy groups -OCH3 is 2. The lowest BCUT2D eigenvalue weighted by atomic mass is 9.98. The summed E-state index contributed by atoms with van der Waals surface area (Å²) < 4.78 is 10.6. The Kier molecular flexibility index (Phi) is 9.98. The lowest BCUT2D eigenvalue weighted by Crippen LogP contribution is -2.18. The second kappa shape index (κ2) is 12.2. The zero-order chi connectivity index (χ0) is 21.8. The van der Waals surface area contributed by atoms with Crippen molar-refractivity contribution in [2.45, 2.75) is 19.4 Å². The van der Waals surface area contributed by atoms with Gasteiger partial charge in [-0.25, -0.2) is 9.59 Å². The van der Waals surface area contributed by atoms with Gasteiger partial charge in [0, 0.05) is 18.2 Å². The molecular weight excluding hydrogens is 374 g/mol. The van der Waals surface area contributed by atoms with E-state index in [-0.39, 0.29) is 6.04 Å². The predicted molar refractivity (Wildman–Crippen MR) is 111 cm³/mol. The van der Waals surface area contributed by atoms with Crippen LogP contribution in [0.1, 0.15) is 22.7 Å². The maximum atomic E-state index is 9.55. The van der Waals surface area contributed by atoms with Crippen molar-refractivity contribution in [1.29, 1.82) is 0 Å². The zero-order valence-electron chi connectivity index (χ0n) is 17.0. The molecule has 0 radical (unpaired) electrons. The third-order valence-electron chi connectivity index (χ3n) is 4.08. The van der Waals surface area contributed by atoms with Gasteiger partial charge in [0.1, 0.15) is 0 Å². The van der Waals surface area contributed by atoms with Crippen molar-refractivity contribution in [2.24, 2.45) is 0 Å². The van der Waals surface area contributed by atoms with Gasteiger partial charge in [-0.3, -0.25) is 0 Å². The number of rotatable bonds is 8. The van der Waals surface area contributed by atoms with Crippen LogP contribution in [0.5, 0.6) is 11.5 Å². The molecule has 156 valence electrons. The van der Waals surface area contributed by atoms with Crippen molar-refractivity contribution in [3.63, 3.8) is 0 Å². The van der Waals surface area contributed by atoms with E-state index in [1.54, 1.807) is 14.2 Å². The van der Waals surface area contributed by atoms with Crippen LogP contribution in [-0.2, 0) is 16.0 Å². The van der Waals surface area contributed by atoms with Crippen LogP contribution in [0.3, 0.4) is 0 Å². The van der Waals surface area contributed by atoms with Gasteiger partial charge in [0.2, 0.25) is 0 Å². The molecule has 7 nitrogen and oxygen atoms in total. The van der Waals surface area contributed by atoms with Crippen molar-refractivity contribution in [3.05, 3.63) is 71.3 Å². The zero-order valence-corrected chi connectivity index (χ0v) is 17.0. The molecule has 2 aromatic carbocycles. The van der Waals surface area contributed by atoms with Crippen LogP contribution in [0.4, 0.5) is 0 Å². The number of carbonyl (C=O) groups is 2. The molecule has 7 heteroatoms. The molecule has 0 bridgehead atoms. The van der Waals surface area contributed by atoms with Gasteiger partial charge < -0.3 is 25.0 Å². The van der Waals surface area contributed by atoms with E-state index in [0.717, 1.165) is 17.9 Å². The maximum absolute atomic E-state index is 9.55. The van der Waals surface area contributed by atoms with E-state index in [9.17, 15) is 9.59 Å². The molecule has 29 heavy (non-hydrogen) atoms. The van der Waals surface area contributed by atoms with Crippen molar-refractivity contribution in [3.8, 4) is 11.5 Å². The first-order valence-corrected chi connectivity index (χ1v) is 8.89. The molecule has 1 atom stereocenters. The summed E-state index contributed by atoms with van der Waals surface area (Å²) in [7, 11) is 5.31. The topological polar surface area (TPSA) is 105 Å². The molecule has 2 rings (SSSR count). The average molecular weight is 401 g/mol. The Balaban J connectivity index is 0.000000447. The molecule has 0 saturated heterocycles. The van der Waals surface area contributed by atoms with Crippen LogP contribution in [0.25, 0.3) is 0 Å². The van der Waals surface area contributed by atoms with Gasteiger partial charge in [-0.05, 0) is 43.7 Å². The first-order valence-electron chi connectivity index (χ1n) is 8.89. The molecule has 0 spiro atoms. The first kappa shape index (κ1) is 23.7. The maximum Gasteiger partial charge on any atom is 0.328 e. The minimum Gasteiger partial charge on any atom is -0.493 e. The van der Waals surface area contributed by atoms with Gasteiger partial charge in [-0.2, -0.15) is 0 Å². The lowest BCUT2D eigenvalue weighted by molar-refractivity contribution is -0.134. The van der Waals surface area contributed by atoms with Crippen LogP contribution in [-0.4, -0.2) is 43.4 Å². The summed E-state index contributed by atoms with van der Waals surface area (Å²) in [5, 5.41) is 19.0. The van der Waals surface area contributed by atoms with E-state index >= 15 is 0 Å². The number of carboxylic acids is 2. The van der Waals surface area contributed by atoms with Crippen LogP contribution in [0, 0.1) is 6.92 Å². The number of hydrogen-bond acceptors (Lipinski definition) is 5. The normalized spacial score (nSPS) is 11.3. The Morgan fingerprint density at radius 2 is 1.52 bits per heavy atom. The molecule has 1 unspecified atom stereocenters. The highest BCUT2D eigenvalue weighted by molar-refractivity contribution is 5.89. The van der Waals surface area contributed by atoms with Crippen LogP contribution in [0.2, 0.25) is 0 Å². The van der Waals surface area contributed by atoms with Gasteiger partial charge >= 0.3 is 11.9 Å². The van der Waals surface area contributed by atoms with E-state index in [2.05, 4.69) is 42.6 Å². The number of nitrogens with one attached hydrogen (secondary N) is 1. The molecule has 2 aromatic rings. The third kappa shape index (κ3) is 8.49. The number of aryl methyl sites for hydroxylation is 1. The number of benzene rings is 2. The van der Waals surface area contributed by atoms with Crippen LogP contribution < -0.4 is 14.8 Å². The summed E-state index contributed by atoms with van der Waals surface area (Å²) in [4.78, 5) is 19.1. The summed E-state index contributed by atoms with van der Waals surface area (Å²) in [6.07, 6.45) is 2.02. The Morgan fingerprint density at radius 3 is 1.97 bits per heavy atom. The van der Waals surface area contributed by atoms with E-state index in [1.165, 1.54) is 16.7 Å². The van der Waals surface area contributed by atoms with Crippen molar-refractivity contribution in [2.75, 3.05) is 21.3 Å². The van der Waals surface area contributed by atoms with Crippen molar-refractivity contribution >= 4 is 11.9 Å². The highest BCUT2D eigenvalue weighted by Gasteiger charge is 2.12. The highest BCUT2D eigenvalue weighted by atomic mass is 16.5. The number of ether oxygens (including phenoxy) is 2. The average Bonchev–Trinajstić information content (AvgIpc) is 2.71. The molecule has 0 aliphatic heterocycles. The van der Waals surface area contributed by atoms with Gasteiger partial charge in [0.05, 0.1) is 14.2 Å². The number of aliphatic carboxylic acids is 2. The summed E-state index contributed by atoms with van der Waals surface area (Å²) in [5.41, 5.74) is 3.78. The molecule has 0 heterocycles. The third-order valence-corrected chi connectivity index (χ3v) is 4.08. The molecule has 0 fully saturated rings. The smallest absolute Gasteiger partial charge is 0.328 e. The number of carboxylic acid groups (broad SMARTS) is 2. The lowest BCUT2D eigenvalue weighted by Gasteiger charge is -2.18. The van der Waals surface area contributed by atoms with E-state index in [0.29, 0.717) is 12.2 Å². The van der Waals surface area contributed by atoms with Crippen LogP contribution >= 0.6 is 0 Å². The molecule has 0 saturated carbocycles. The molecule has 3 N–H and O–H groups in total. The quantitative estimate of drug-likeness (QED) is 0.583. The predicted octanol–water partition coefficient (Wildman–Crippen LogP) is 3.23. The number of hydrogen-bond donors (Lipinski definition) is 3. The van der Waals surface area contributed by atoms with Gasteiger partial charge in [-0.1, -0.05) is 35.9 Å². The van der Waals surface area contributed by atoms with E-state index in [1.807, 2.05) is 19.2 Å². The monoisotopic (exact) mass is 401 g/mol. The molecule has 0 aromatic heterocycles. The second-order valence-corrected chi connectivity index (χ2v) is 6.16. The summed E-state index contributed by atoms with van der Waals surface area (Å²) in [6.45, 7) is 2.10. The van der Waals surface area contributed by atoms with Crippen molar-refractivity contribution < 1.29 is 29.3 Å². The van der Waals surface area contributed by atoms with Crippen LogP contribution in [0.15, 0.2) is 54.6 Å².